The maximum atomic E-state index is 11.9. The third-order valence-corrected chi connectivity index (χ3v) is 3.78. The number of nitrogens with one attached hydrogen (secondary N) is 3. The normalized spacial score (nSPS) is 9.88. The molecule has 0 aliphatic heterocycles. The molecule has 2 aromatic rings. The number of rotatable bonds is 6. The topological polar surface area (TPSA) is 79.5 Å². The SMILES string of the molecule is COc1ccc(CC(=O)NNC(=S)NC(=O)CCc2ccccc2)cc1. The fourth-order valence-corrected chi connectivity index (χ4v) is 2.39. The third-order valence-electron chi connectivity index (χ3n) is 3.58. The average Bonchev–Trinajstić information content (AvgIpc) is 2.66. The lowest BCUT2D eigenvalue weighted by Gasteiger charge is -2.11. The molecule has 0 fully saturated rings. The van der Waals surface area contributed by atoms with E-state index in [0.717, 1.165) is 16.9 Å². The highest BCUT2D eigenvalue weighted by Gasteiger charge is 2.07. The first-order valence-corrected chi connectivity index (χ1v) is 8.53. The lowest BCUT2D eigenvalue weighted by molar-refractivity contribution is -0.122. The van der Waals surface area contributed by atoms with Gasteiger partial charge in [0.05, 0.1) is 13.5 Å². The summed E-state index contributed by atoms with van der Waals surface area (Å²) in [7, 11) is 1.58. The van der Waals surface area contributed by atoms with Gasteiger partial charge in [-0.05, 0) is 41.9 Å². The van der Waals surface area contributed by atoms with E-state index in [1.54, 1.807) is 19.2 Å². The van der Waals surface area contributed by atoms with E-state index >= 15 is 0 Å². The van der Waals surface area contributed by atoms with Gasteiger partial charge in [0.2, 0.25) is 11.8 Å². The molecule has 6 nitrogen and oxygen atoms in total. The molecule has 0 aliphatic rings. The minimum atomic E-state index is -0.268. The Morgan fingerprint density at radius 2 is 1.62 bits per heavy atom. The second kappa shape index (κ2) is 10.1. The quantitative estimate of drug-likeness (QED) is 0.534. The van der Waals surface area contributed by atoms with E-state index in [1.807, 2.05) is 42.5 Å². The van der Waals surface area contributed by atoms with Gasteiger partial charge in [-0.3, -0.25) is 20.4 Å². The molecule has 0 spiro atoms. The van der Waals surface area contributed by atoms with E-state index in [2.05, 4.69) is 16.2 Å². The summed E-state index contributed by atoms with van der Waals surface area (Å²) in [6, 6.07) is 16.9. The van der Waals surface area contributed by atoms with Gasteiger partial charge in [0.25, 0.3) is 0 Å². The van der Waals surface area contributed by atoms with E-state index in [1.165, 1.54) is 0 Å². The number of hydrogen-bond acceptors (Lipinski definition) is 4. The van der Waals surface area contributed by atoms with Crippen LogP contribution in [0.3, 0.4) is 0 Å². The standard InChI is InChI=1S/C19H21N3O3S/c1-25-16-10-7-15(8-11-16)13-18(24)21-22-19(26)20-17(23)12-9-14-5-3-2-4-6-14/h2-8,10-11H,9,12-13H2,1H3,(H,21,24)(H2,20,22,23,26). The molecule has 0 aromatic heterocycles. The van der Waals surface area contributed by atoms with E-state index < -0.39 is 0 Å². The van der Waals surface area contributed by atoms with Crippen molar-refractivity contribution >= 4 is 29.1 Å². The predicted molar refractivity (Wildman–Crippen MR) is 103 cm³/mol. The maximum absolute atomic E-state index is 11.9. The number of benzene rings is 2. The molecule has 2 aromatic carbocycles. The number of hydrazine groups is 1. The van der Waals surface area contributed by atoms with Gasteiger partial charge in [0, 0.05) is 6.42 Å². The van der Waals surface area contributed by atoms with Crippen molar-refractivity contribution in [3.05, 3.63) is 65.7 Å². The molecule has 0 unspecified atom stereocenters. The number of amides is 2. The summed E-state index contributed by atoms with van der Waals surface area (Å²) >= 11 is 5.00. The Bertz CT molecular complexity index is 748. The Labute approximate surface area is 157 Å². The fourth-order valence-electron chi connectivity index (χ4n) is 2.22. The largest absolute Gasteiger partial charge is 0.497 e. The van der Waals surface area contributed by atoms with E-state index in [4.69, 9.17) is 17.0 Å². The van der Waals surface area contributed by atoms with Crippen molar-refractivity contribution < 1.29 is 14.3 Å². The van der Waals surface area contributed by atoms with Crippen LogP contribution >= 0.6 is 12.2 Å². The molecular formula is C19H21N3O3S. The fraction of sp³-hybridized carbons (Fsp3) is 0.211. The zero-order valence-corrected chi connectivity index (χ0v) is 15.3. The summed E-state index contributed by atoms with van der Waals surface area (Å²) in [6.45, 7) is 0. The zero-order chi connectivity index (χ0) is 18.8. The van der Waals surface area contributed by atoms with Gasteiger partial charge < -0.3 is 10.1 Å². The van der Waals surface area contributed by atoms with Crippen molar-refractivity contribution in [3.63, 3.8) is 0 Å². The molecule has 3 N–H and O–H groups in total. The first kappa shape index (κ1) is 19.4. The zero-order valence-electron chi connectivity index (χ0n) is 14.5. The molecule has 0 heterocycles. The molecule has 26 heavy (non-hydrogen) atoms. The number of carbonyl (C=O) groups excluding carboxylic acids is 2. The summed E-state index contributed by atoms with van der Waals surface area (Å²) in [6.07, 6.45) is 1.12. The van der Waals surface area contributed by atoms with E-state index in [-0.39, 0.29) is 23.3 Å². The summed E-state index contributed by atoms with van der Waals surface area (Å²) in [5.74, 6) is 0.249. The number of carbonyl (C=O) groups is 2. The molecule has 0 saturated heterocycles. The molecule has 0 aliphatic carbocycles. The number of thiocarbonyl (C=S) groups is 1. The van der Waals surface area contributed by atoms with Crippen molar-refractivity contribution in [1.29, 1.82) is 0 Å². The van der Waals surface area contributed by atoms with Gasteiger partial charge in [-0.1, -0.05) is 42.5 Å². The predicted octanol–water partition coefficient (Wildman–Crippen LogP) is 1.89. The van der Waals surface area contributed by atoms with Gasteiger partial charge in [0.15, 0.2) is 5.11 Å². The van der Waals surface area contributed by atoms with Crippen molar-refractivity contribution in [2.24, 2.45) is 0 Å². The lowest BCUT2D eigenvalue weighted by atomic mass is 10.1. The van der Waals surface area contributed by atoms with Crippen LogP contribution in [0.4, 0.5) is 0 Å². The van der Waals surface area contributed by atoms with Crippen LogP contribution in [0.5, 0.6) is 5.75 Å². The first-order chi connectivity index (χ1) is 12.6. The number of aryl methyl sites for hydroxylation is 1. The second-order valence-electron chi connectivity index (χ2n) is 5.56. The minimum absolute atomic E-state index is 0.0612. The highest BCUT2D eigenvalue weighted by Crippen LogP contribution is 2.11. The maximum Gasteiger partial charge on any atom is 0.242 e. The van der Waals surface area contributed by atoms with Crippen LogP contribution in [-0.2, 0) is 22.4 Å². The molecule has 136 valence electrons. The van der Waals surface area contributed by atoms with Gasteiger partial charge in [-0.2, -0.15) is 0 Å². The molecule has 7 heteroatoms. The van der Waals surface area contributed by atoms with Crippen LogP contribution in [-0.4, -0.2) is 24.0 Å². The van der Waals surface area contributed by atoms with Crippen LogP contribution < -0.4 is 20.9 Å². The van der Waals surface area contributed by atoms with Crippen molar-refractivity contribution in [1.82, 2.24) is 16.2 Å². The molecule has 2 amide bonds. The summed E-state index contributed by atoms with van der Waals surface area (Å²) < 4.78 is 5.07. The Morgan fingerprint density at radius 3 is 2.27 bits per heavy atom. The van der Waals surface area contributed by atoms with Gasteiger partial charge in [-0.25, -0.2) is 0 Å². The highest BCUT2D eigenvalue weighted by atomic mass is 32.1. The summed E-state index contributed by atoms with van der Waals surface area (Å²) in [5.41, 5.74) is 6.91. The second-order valence-corrected chi connectivity index (χ2v) is 5.97. The van der Waals surface area contributed by atoms with Crippen LogP contribution in [0.2, 0.25) is 0 Å². The Kier molecular flexibility index (Phi) is 7.57. The van der Waals surface area contributed by atoms with E-state index in [9.17, 15) is 9.59 Å². The van der Waals surface area contributed by atoms with E-state index in [0.29, 0.717) is 12.8 Å². The Balaban J connectivity index is 1.66. The summed E-state index contributed by atoms with van der Waals surface area (Å²) in [4.78, 5) is 23.8. The third kappa shape index (κ3) is 6.90. The Hall–Kier alpha value is -2.93. The van der Waals surface area contributed by atoms with Crippen molar-refractivity contribution in [2.45, 2.75) is 19.3 Å². The Morgan fingerprint density at radius 1 is 0.923 bits per heavy atom. The highest BCUT2D eigenvalue weighted by molar-refractivity contribution is 7.80. The number of hydrogen-bond donors (Lipinski definition) is 3. The van der Waals surface area contributed by atoms with Crippen LogP contribution in [0, 0.1) is 0 Å². The van der Waals surface area contributed by atoms with Crippen LogP contribution in [0.15, 0.2) is 54.6 Å². The monoisotopic (exact) mass is 371 g/mol. The average molecular weight is 371 g/mol. The van der Waals surface area contributed by atoms with Crippen molar-refractivity contribution in [2.75, 3.05) is 7.11 Å². The van der Waals surface area contributed by atoms with Gasteiger partial charge in [0.1, 0.15) is 5.75 Å². The molecule has 0 atom stereocenters. The van der Waals surface area contributed by atoms with Crippen LogP contribution in [0.1, 0.15) is 17.5 Å². The lowest BCUT2D eigenvalue weighted by Crippen LogP contribution is -2.48. The van der Waals surface area contributed by atoms with Gasteiger partial charge >= 0.3 is 0 Å². The molecule has 0 saturated carbocycles. The smallest absolute Gasteiger partial charge is 0.242 e. The molecule has 0 radical (unpaired) electrons. The van der Waals surface area contributed by atoms with Crippen LogP contribution in [0.25, 0.3) is 0 Å². The van der Waals surface area contributed by atoms with Crippen molar-refractivity contribution in [3.8, 4) is 5.75 Å². The molecule has 0 bridgehead atoms. The number of ether oxygens (including phenoxy) is 1. The van der Waals surface area contributed by atoms with Gasteiger partial charge in [-0.15, -0.1) is 0 Å². The number of methoxy groups -OCH3 is 1. The minimum Gasteiger partial charge on any atom is -0.497 e. The molecular weight excluding hydrogens is 350 g/mol. The molecule has 2 rings (SSSR count). The first-order valence-electron chi connectivity index (χ1n) is 8.12. The summed E-state index contributed by atoms with van der Waals surface area (Å²) in [5, 5.41) is 2.60.